The van der Waals surface area contributed by atoms with Crippen LogP contribution in [0.2, 0.25) is 0 Å². The van der Waals surface area contributed by atoms with E-state index >= 15 is 0 Å². The molecule has 0 bridgehead atoms. The number of esters is 1. The summed E-state index contributed by atoms with van der Waals surface area (Å²) in [4.78, 5) is 12.1. The summed E-state index contributed by atoms with van der Waals surface area (Å²) in [7, 11) is 0. The summed E-state index contributed by atoms with van der Waals surface area (Å²) in [5.74, 6) is 0.313. The fourth-order valence-corrected chi connectivity index (χ4v) is 1.53. The van der Waals surface area contributed by atoms with Crippen LogP contribution < -0.4 is 4.74 Å². The molecular formula is C16H24O3. The van der Waals surface area contributed by atoms with Gasteiger partial charge in [-0.05, 0) is 58.7 Å². The van der Waals surface area contributed by atoms with Gasteiger partial charge in [-0.1, -0.05) is 19.1 Å². The van der Waals surface area contributed by atoms with E-state index in [9.17, 15) is 4.79 Å². The third-order valence-electron chi connectivity index (χ3n) is 2.60. The van der Waals surface area contributed by atoms with Gasteiger partial charge in [-0.2, -0.15) is 0 Å². The van der Waals surface area contributed by atoms with Crippen molar-refractivity contribution in [3.63, 3.8) is 0 Å². The quantitative estimate of drug-likeness (QED) is 0.777. The highest BCUT2D eigenvalue weighted by Crippen LogP contribution is 2.22. The molecule has 1 aromatic rings. The molecule has 0 saturated heterocycles. The summed E-state index contributed by atoms with van der Waals surface area (Å²) < 4.78 is 11.1. The van der Waals surface area contributed by atoms with E-state index in [0.717, 1.165) is 6.42 Å². The third kappa shape index (κ3) is 4.93. The maximum absolute atomic E-state index is 12.1. The van der Waals surface area contributed by atoms with Crippen molar-refractivity contribution in [2.45, 2.75) is 59.2 Å². The molecule has 19 heavy (non-hydrogen) atoms. The molecule has 106 valence electrons. The molecule has 1 rings (SSSR count). The van der Waals surface area contributed by atoms with Gasteiger partial charge >= 0.3 is 5.97 Å². The number of hydrogen-bond donors (Lipinski definition) is 0. The summed E-state index contributed by atoms with van der Waals surface area (Å²) in [6.45, 7) is 11.1. The highest BCUT2D eigenvalue weighted by Gasteiger charge is 2.34. The number of benzene rings is 1. The Hall–Kier alpha value is -1.51. The second-order valence-electron chi connectivity index (χ2n) is 6.11. The van der Waals surface area contributed by atoms with Gasteiger partial charge in [0.05, 0.1) is 0 Å². The molecule has 0 amide bonds. The number of aryl methyl sites for hydroxylation is 1. The zero-order valence-electron chi connectivity index (χ0n) is 12.7. The van der Waals surface area contributed by atoms with Crippen LogP contribution >= 0.6 is 0 Å². The Kier molecular flexibility index (Phi) is 4.61. The normalized spacial score (nSPS) is 12.1. The van der Waals surface area contributed by atoms with E-state index in [2.05, 4.69) is 6.92 Å². The molecule has 0 aromatic heterocycles. The molecule has 0 spiro atoms. The standard InChI is InChI=1S/C16H24O3/c1-7-12-8-10-13(11-9-12)18-16(5,6)14(17)19-15(2,3)4/h8-11H,7H2,1-6H3. The lowest BCUT2D eigenvalue weighted by atomic mass is 10.1. The van der Waals surface area contributed by atoms with E-state index in [1.165, 1.54) is 5.56 Å². The van der Waals surface area contributed by atoms with Gasteiger partial charge < -0.3 is 9.47 Å². The van der Waals surface area contributed by atoms with Gasteiger partial charge in [0.15, 0.2) is 5.60 Å². The van der Waals surface area contributed by atoms with Gasteiger partial charge in [0.25, 0.3) is 0 Å². The predicted octanol–water partition coefficient (Wildman–Crippen LogP) is 3.75. The molecule has 0 radical (unpaired) electrons. The second kappa shape index (κ2) is 5.64. The number of carbonyl (C=O) groups excluding carboxylic acids is 1. The summed E-state index contributed by atoms with van der Waals surface area (Å²) in [6.07, 6.45) is 0.982. The zero-order chi connectivity index (χ0) is 14.7. The first-order chi connectivity index (χ1) is 8.64. The molecule has 3 heteroatoms. The maximum Gasteiger partial charge on any atom is 0.350 e. The lowest BCUT2D eigenvalue weighted by molar-refractivity contribution is -0.170. The monoisotopic (exact) mass is 264 g/mol. The number of rotatable bonds is 4. The second-order valence-corrected chi connectivity index (χ2v) is 6.11. The zero-order valence-corrected chi connectivity index (χ0v) is 12.7. The van der Waals surface area contributed by atoms with Crippen molar-refractivity contribution in [1.29, 1.82) is 0 Å². The van der Waals surface area contributed by atoms with Crippen LogP contribution in [0.15, 0.2) is 24.3 Å². The molecule has 0 aliphatic carbocycles. The Balaban J connectivity index is 2.74. The molecular weight excluding hydrogens is 240 g/mol. The van der Waals surface area contributed by atoms with Crippen molar-refractivity contribution in [2.75, 3.05) is 0 Å². The van der Waals surface area contributed by atoms with E-state index < -0.39 is 11.2 Å². The lowest BCUT2D eigenvalue weighted by Gasteiger charge is -2.29. The molecule has 0 aliphatic rings. The minimum Gasteiger partial charge on any atom is -0.476 e. The molecule has 0 saturated carbocycles. The SMILES string of the molecule is CCc1ccc(OC(C)(C)C(=O)OC(C)(C)C)cc1. The van der Waals surface area contributed by atoms with Gasteiger partial charge in [-0.25, -0.2) is 4.79 Å². The fraction of sp³-hybridized carbons (Fsp3) is 0.562. The first-order valence-electron chi connectivity index (χ1n) is 6.65. The van der Waals surface area contributed by atoms with Gasteiger partial charge in [-0.3, -0.25) is 0 Å². The minimum absolute atomic E-state index is 0.362. The van der Waals surface area contributed by atoms with Crippen LogP contribution in [0.25, 0.3) is 0 Å². The van der Waals surface area contributed by atoms with E-state index in [0.29, 0.717) is 5.75 Å². The van der Waals surface area contributed by atoms with E-state index in [-0.39, 0.29) is 5.97 Å². The molecule has 0 fully saturated rings. The topological polar surface area (TPSA) is 35.5 Å². The van der Waals surface area contributed by atoms with Crippen LogP contribution in [0, 0.1) is 0 Å². The Bertz CT molecular complexity index is 424. The van der Waals surface area contributed by atoms with Gasteiger partial charge in [0.1, 0.15) is 11.4 Å². The largest absolute Gasteiger partial charge is 0.476 e. The van der Waals surface area contributed by atoms with Crippen LogP contribution in [0.4, 0.5) is 0 Å². The smallest absolute Gasteiger partial charge is 0.350 e. The number of carbonyl (C=O) groups is 1. The van der Waals surface area contributed by atoms with Crippen molar-refractivity contribution < 1.29 is 14.3 Å². The van der Waals surface area contributed by atoms with Gasteiger partial charge in [-0.15, -0.1) is 0 Å². The summed E-state index contributed by atoms with van der Waals surface area (Å²) in [5.41, 5.74) is -0.271. The van der Waals surface area contributed by atoms with E-state index in [4.69, 9.17) is 9.47 Å². The highest BCUT2D eigenvalue weighted by molar-refractivity contribution is 5.79. The first-order valence-corrected chi connectivity index (χ1v) is 6.65. The van der Waals surface area contributed by atoms with Crippen molar-refractivity contribution in [2.24, 2.45) is 0 Å². The molecule has 1 aromatic carbocycles. The van der Waals surface area contributed by atoms with Crippen LogP contribution in [0.5, 0.6) is 5.75 Å². The summed E-state index contributed by atoms with van der Waals surface area (Å²) in [6, 6.07) is 7.76. The maximum atomic E-state index is 12.1. The third-order valence-corrected chi connectivity index (χ3v) is 2.60. The Labute approximate surface area is 115 Å². The number of ether oxygens (including phenoxy) is 2. The van der Waals surface area contributed by atoms with Crippen LogP contribution in [0.1, 0.15) is 47.1 Å². The summed E-state index contributed by atoms with van der Waals surface area (Å²) >= 11 is 0. The molecule has 0 unspecified atom stereocenters. The number of hydrogen-bond acceptors (Lipinski definition) is 3. The average Bonchev–Trinajstić information content (AvgIpc) is 2.27. The lowest BCUT2D eigenvalue weighted by Crippen LogP contribution is -2.43. The van der Waals surface area contributed by atoms with E-state index in [1.54, 1.807) is 13.8 Å². The van der Waals surface area contributed by atoms with Crippen molar-refractivity contribution >= 4 is 5.97 Å². The van der Waals surface area contributed by atoms with Crippen molar-refractivity contribution in [3.05, 3.63) is 29.8 Å². The van der Waals surface area contributed by atoms with Crippen molar-refractivity contribution in [1.82, 2.24) is 0 Å². The van der Waals surface area contributed by atoms with Crippen molar-refractivity contribution in [3.8, 4) is 5.75 Å². The molecule has 0 heterocycles. The Morgan fingerprint density at radius 2 is 1.58 bits per heavy atom. The van der Waals surface area contributed by atoms with E-state index in [1.807, 2.05) is 45.0 Å². The van der Waals surface area contributed by atoms with Crippen LogP contribution in [-0.2, 0) is 16.0 Å². The average molecular weight is 264 g/mol. The highest BCUT2D eigenvalue weighted by atomic mass is 16.6. The molecule has 3 nitrogen and oxygen atoms in total. The Morgan fingerprint density at radius 1 is 1.05 bits per heavy atom. The molecule has 0 atom stereocenters. The minimum atomic E-state index is -0.999. The van der Waals surface area contributed by atoms with Gasteiger partial charge in [0, 0.05) is 0 Å². The summed E-state index contributed by atoms with van der Waals surface area (Å²) in [5, 5.41) is 0. The molecule has 0 N–H and O–H groups in total. The first kappa shape index (κ1) is 15.5. The predicted molar refractivity (Wildman–Crippen MR) is 76.4 cm³/mol. The van der Waals surface area contributed by atoms with Gasteiger partial charge in [0.2, 0.25) is 0 Å². The van der Waals surface area contributed by atoms with Crippen LogP contribution in [-0.4, -0.2) is 17.2 Å². The fourth-order valence-electron chi connectivity index (χ4n) is 1.53. The molecule has 0 aliphatic heterocycles. The Morgan fingerprint density at radius 3 is 2.00 bits per heavy atom. The van der Waals surface area contributed by atoms with Crippen LogP contribution in [0.3, 0.4) is 0 Å².